The van der Waals surface area contributed by atoms with Crippen LogP contribution in [0.15, 0.2) is 47.4 Å². The molecule has 1 aliphatic heterocycles. The number of amides is 2. The average molecular weight is 436 g/mol. The van der Waals surface area contributed by atoms with Gasteiger partial charge in [0.1, 0.15) is 11.6 Å². The summed E-state index contributed by atoms with van der Waals surface area (Å²) >= 11 is 0. The third-order valence-electron chi connectivity index (χ3n) is 5.25. The van der Waals surface area contributed by atoms with Gasteiger partial charge in [0.25, 0.3) is 0 Å². The first kappa shape index (κ1) is 22.0. The molecule has 0 radical (unpaired) electrons. The third-order valence-corrected chi connectivity index (χ3v) is 6.67. The van der Waals surface area contributed by atoms with E-state index < -0.39 is 15.8 Å². The maximum Gasteiger partial charge on any atom is 0.321 e. The van der Waals surface area contributed by atoms with Crippen molar-refractivity contribution in [1.29, 1.82) is 0 Å². The zero-order valence-corrected chi connectivity index (χ0v) is 17.8. The molecule has 30 heavy (non-hydrogen) atoms. The highest BCUT2D eigenvalue weighted by Crippen LogP contribution is 2.24. The molecule has 2 aromatic rings. The topological polar surface area (TPSA) is 87.7 Å². The minimum absolute atomic E-state index is 0.0509. The van der Waals surface area contributed by atoms with Gasteiger partial charge < -0.3 is 15.0 Å². The summed E-state index contributed by atoms with van der Waals surface area (Å²) in [6.45, 7) is 2.87. The summed E-state index contributed by atoms with van der Waals surface area (Å²) in [6.07, 6.45) is 1.37. The molecule has 3 rings (SSSR count). The van der Waals surface area contributed by atoms with Crippen LogP contribution in [0.1, 0.15) is 18.4 Å². The van der Waals surface area contributed by atoms with E-state index in [1.54, 1.807) is 24.1 Å². The number of methoxy groups -OCH3 is 1. The predicted molar refractivity (Wildman–Crippen MR) is 113 cm³/mol. The number of nitrogens with one attached hydrogen (secondary N) is 2. The Morgan fingerprint density at radius 2 is 1.90 bits per heavy atom. The van der Waals surface area contributed by atoms with Crippen LogP contribution in [-0.4, -0.2) is 46.1 Å². The van der Waals surface area contributed by atoms with Crippen LogP contribution >= 0.6 is 0 Å². The van der Waals surface area contributed by atoms with Crippen molar-refractivity contribution < 1.29 is 22.3 Å². The maximum atomic E-state index is 13.4. The van der Waals surface area contributed by atoms with Gasteiger partial charge in [0.15, 0.2) is 0 Å². The lowest BCUT2D eigenvalue weighted by atomic mass is 9.97. The molecular formula is C21H26FN3O4S. The van der Waals surface area contributed by atoms with Crippen LogP contribution in [0.25, 0.3) is 0 Å². The van der Waals surface area contributed by atoms with E-state index in [0.717, 1.165) is 6.07 Å². The highest BCUT2D eigenvalue weighted by molar-refractivity contribution is 7.89. The summed E-state index contributed by atoms with van der Waals surface area (Å²) in [5.41, 5.74) is 0.890. The van der Waals surface area contributed by atoms with E-state index in [4.69, 9.17) is 4.74 Å². The first-order chi connectivity index (χ1) is 14.3. The Bertz CT molecular complexity index is 1010. The number of urea groups is 1. The molecule has 0 atom stereocenters. The second-order valence-corrected chi connectivity index (χ2v) is 9.09. The van der Waals surface area contributed by atoms with Gasteiger partial charge in [-0.2, -0.15) is 0 Å². The summed E-state index contributed by atoms with van der Waals surface area (Å²) in [5, 5.41) is 2.85. The van der Waals surface area contributed by atoms with Crippen molar-refractivity contribution in [2.24, 2.45) is 5.92 Å². The van der Waals surface area contributed by atoms with Crippen LogP contribution in [0.5, 0.6) is 5.75 Å². The molecule has 2 aromatic carbocycles. The lowest BCUT2D eigenvalue weighted by molar-refractivity contribution is 0.183. The van der Waals surface area contributed by atoms with Crippen LogP contribution in [0.2, 0.25) is 0 Å². The molecule has 1 saturated heterocycles. The maximum absolute atomic E-state index is 13.4. The molecule has 1 heterocycles. The zero-order chi connectivity index (χ0) is 21.7. The molecule has 162 valence electrons. The van der Waals surface area contributed by atoms with E-state index in [9.17, 15) is 17.6 Å². The number of aryl methyl sites for hydroxylation is 1. The number of carbonyl (C=O) groups is 1. The number of nitrogens with zero attached hydrogens (tertiary/aromatic N) is 1. The van der Waals surface area contributed by atoms with E-state index in [-0.39, 0.29) is 29.0 Å². The summed E-state index contributed by atoms with van der Waals surface area (Å²) in [5.74, 6) is 0.274. The summed E-state index contributed by atoms with van der Waals surface area (Å²) in [4.78, 5) is 14.3. The Labute approximate surface area is 176 Å². The number of anilines is 1. The van der Waals surface area contributed by atoms with E-state index in [0.29, 0.717) is 37.4 Å². The molecule has 7 nitrogen and oxygen atoms in total. The molecule has 2 amide bonds. The fraction of sp³-hybridized carbons (Fsp3) is 0.381. The van der Waals surface area contributed by atoms with Crippen molar-refractivity contribution in [3.63, 3.8) is 0 Å². The molecule has 0 aromatic heterocycles. The van der Waals surface area contributed by atoms with Gasteiger partial charge in [0.2, 0.25) is 10.0 Å². The summed E-state index contributed by atoms with van der Waals surface area (Å²) in [7, 11) is -2.15. The Balaban J connectivity index is 1.50. The fourth-order valence-electron chi connectivity index (χ4n) is 3.38. The highest BCUT2D eigenvalue weighted by Gasteiger charge is 2.25. The molecule has 1 aliphatic rings. The molecule has 0 unspecified atom stereocenters. The Kier molecular flexibility index (Phi) is 6.94. The lowest BCUT2D eigenvalue weighted by Gasteiger charge is -2.32. The van der Waals surface area contributed by atoms with Crippen molar-refractivity contribution in [3.8, 4) is 5.75 Å². The number of halogens is 1. The predicted octanol–water partition coefficient (Wildman–Crippen LogP) is 3.37. The molecule has 2 N–H and O–H groups in total. The van der Waals surface area contributed by atoms with Gasteiger partial charge in [-0.25, -0.2) is 22.3 Å². The highest BCUT2D eigenvalue weighted by atomic mass is 32.2. The number of benzene rings is 2. The third kappa shape index (κ3) is 5.28. The van der Waals surface area contributed by atoms with E-state index in [1.807, 2.05) is 12.1 Å². The normalized spacial score (nSPS) is 15.1. The van der Waals surface area contributed by atoms with Crippen molar-refractivity contribution in [2.45, 2.75) is 24.7 Å². The molecule has 0 bridgehead atoms. The number of hydrogen-bond acceptors (Lipinski definition) is 4. The quantitative estimate of drug-likeness (QED) is 0.728. The Morgan fingerprint density at radius 1 is 1.20 bits per heavy atom. The second-order valence-electron chi connectivity index (χ2n) is 7.32. The standard InChI is InChI=1S/C21H26FN3O4S/c1-15-13-17(7-8-18(15)22)30(27,28)23-14-16-9-11-25(12-10-16)21(26)24-19-5-3-4-6-20(19)29-2/h3-8,13,16,23H,9-12,14H2,1-2H3,(H,24,26). The van der Waals surface area contributed by atoms with Crippen LogP contribution < -0.4 is 14.8 Å². The number of rotatable bonds is 6. The number of sulfonamides is 1. The van der Waals surface area contributed by atoms with Crippen molar-refractivity contribution in [3.05, 3.63) is 53.8 Å². The fourth-order valence-corrected chi connectivity index (χ4v) is 4.58. The molecule has 0 saturated carbocycles. The van der Waals surface area contributed by atoms with Crippen LogP contribution in [-0.2, 0) is 10.0 Å². The van der Waals surface area contributed by atoms with Gasteiger partial charge in [-0.15, -0.1) is 0 Å². The number of piperidine rings is 1. The van der Waals surface area contributed by atoms with Gasteiger partial charge in [-0.05, 0) is 61.6 Å². The van der Waals surface area contributed by atoms with Crippen molar-refractivity contribution >= 4 is 21.7 Å². The number of ether oxygens (including phenoxy) is 1. The molecule has 0 spiro atoms. The minimum Gasteiger partial charge on any atom is -0.495 e. The molecule has 0 aliphatic carbocycles. The first-order valence-electron chi connectivity index (χ1n) is 9.75. The smallest absolute Gasteiger partial charge is 0.321 e. The van der Waals surface area contributed by atoms with Gasteiger partial charge in [0, 0.05) is 19.6 Å². The van der Waals surface area contributed by atoms with Gasteiger partial charge in [-0.3, -0.25) is 0 Å². The van der Waals surface area contributed by atoms with Crippen LogP contribution in [0.4, 0.5) is 14.9 Å². The number of carbonyl (C=O) groups excluding carboxylic acids is 1. The second kappa shape index (κ2) is 9.44. The number of para-hydroxylation sites is 2. The van der Waals surface area contributed by atoms with Gasteiger partial charge >= 0.3 is 6.03 Å². The zero-order valence-electron chi connectivity index (χ0n) is 17.0. The number of likely N-dealkylation sites (tertiary alicyclic amines) is 1. The Morgan fingerprint density at radius 3 is 2.57 bits per heavy atom. The van der Waals surface area contributed by atoms with Gasteiger partial charge in [0.05, 0.1) is 17.7 Å². The van der Waals surface area contributed by atoms with E-state index in [1.165, 1.54) is 19.1 Å². The molecule has 9 heteroatoms. The monoisotopic (exact) mass is 435 g/mol. The summed E-state index contributed by atoms with van der Waals surface area (Å²) in [6, 6.07) is 10.7. The SMILES string of the molecule is COc1ccccc1NC(=O)N1CCC(CNS(=O)(=O)c2ccc(F)c(C)c2)CC1. The van der Waals surface area contributed by atoms with Crippen molar-refractivity contribution in [1.82, 2.24) is 9.62 Å². The van der Waals surface area contributed by atoms with E-state index in [2.05, 4.69) is 10.0 Å². The van der Waals surface area contributed by atoms with Gasteiger partial charge in [-0.1, -0.05) is 12.1 Å². The molecular weight excluding hydrogens is 409 g/mol. The molecule has 1 fully saturated rings. The van der Waals surface area contributed by atoms with Crippen LogP contribution in [0.3, 0.4) is 0 Å². The lowest BCUT2D eigenvalue weighted by Crippen LogP contribution is -2.43. The number of hydrogen-bond donors (Lipinski definition) is 2. The largest absolute Gasteiger partial charge is 0.495 e. The minimum atomic E-state index is -3.70. The first-order valence-corrected chi connectivity index (χ1v) is 11.2. The van der Waals surface area contributed by atoms with Crippen molar-refractivity contribution in [2.75, 3.05) is 32.1 Å². The average Bonchev–Trinajstić information content (AvgIpc) is 2.75. The van der Waals surface area contributed by atoms with Crippen LogP contribution in [0, 0.1) is 18.7 Å². The van der Waals surface area contributed by atoms with E-state index >= 15 is 0 Å². The Hall–Kier alpha value is -2.65. The summed E-state index contributed by atoms with van der Waals surface area (Å²) < 4.78 is 46.1.